The molecule has 0 spiro atoms. The monoisotopic (exact) mass is 307 g/mol. The molecule has 0 aromatic rings. The molecule has 0 saturated heterocycles. The number of likely N-dealkylation sites (N-methyl/N-ethyl adjacent to an activating group) is 1. The van der Waals surface area contributed by atoms with E-state index in [1.807, 2.05) is 32.9 Å². The summed E-state index contributed by atoms with van der Waals surface area (Å²) >= 11 is 0. The summed E-state index contributed by atoms with van der Waals surface area (Å²) in [6.07, 6.45) is 0.455. The average Bonchev–Trinajstić information content (AvgIpc) is 2.35. The normalized spacial score (nSPS) is 10.7. The van der Waals surface area contributed by atoms with Gasteiger partial charge in [0, 0.05) is 18.6 Å². The Morgan fingerprint density at radius 1 is 1.05 bits per heavy atom. The fraction of sp³-hybridized carbons (Fsp3) is 0.733. The minimum absolute atomic E-state index is 0.0778. The van der Waals surface area contributed by atoms with E-state index in [1.54, 1.807) is 11.9 Å². The Labute approximate surface area is 132 Å². The SMILES string of the molecule is CN(CC(=O)NC(C)(C)C)CC(=O)N(CCC#N)CCC#N. The Balaban J connectivity index is 4.42. The maximum absolute atomic E-state index is 12.2. The fourth-order valence-corrected chi connectivity index (χ4v) is 1.82. The molecule has 7 nitrogen and oxygen atoms in total. The van der Waals surface area contributed by atoms with Crippen molar-refractivity contribution in [2.45, 2.75) is 39.2 Å². The van der Waals surface area contributed by atoms with E-state index in [1.165, 1.54) is 4.90 Å². The first-order chi connectivity index (χ1) is 10.2. The third kappa shape index (κ3) is 9.73. The lowest BCUT2D eigenvalue weighted by Crippen LogP contribution is -2.47. The van der Waals surface area contributed by atoms with Gasteiger partial charge in [-0.15, -0.1) is 0 Å². The second kappa shape index (κ2) is 9.75. The molecule has 0 radical (unpaired) electrons. The Morgan fingerprint density at radius 2 is 1.55 bits per heavy atom. The van der Waals surface area contributed by atoms with Crippen LogP contribution in [0.2, 0.25) is 0 Å². The lowest BCUT2D eigenvalue weighted by atomic mass is 10.1. The zero-order chi connectivity index (χ0) is 17.2. The van der Waals surface area contributed by atoms with Gasteiger partial charge in [0.2, 0.25) is 11.8 Å². The molecular weight excluding hydrogens is 282 g/mol. The van der Waals surface area contributed by atoms with Gasteiger partial charge in [-0.3, -0.25) is 14.5 Å². The van der Waals surface area contributed by atoms with E-state index in [0.29, 0.717) is 13.1 Å². The highest BCUT2D eigenvalue weighted by Crippen LogP contribution is 2.00. The molecule has 7 heteroatoms. The molecule has 2 amide bonds. The second-order valence-electron chi connectivity index (χ2n) is 6.17. The lowest BCUT2D eigenvalue weighted by Gasteiger charge is -2.25. The standard InChI is InChI=1S/C15H25N5O2/c1-15(2,3)18-13(21)11-19(4)12-14(22)20(9-5-7-16)10-6-8-17/h5-6,9-12H2,1-4H3,(H,18,21). The van der Waals surface area contributed by atoms with Crippen LogP contribution in [-0.2, 0) is 9.59 Å². The molecule has 0 aliphatic heterocycles. The molecule has 0 bridgehead atoms. The number of hydrogen-bond donors (Lipinski definition) is 1. The molecule has 0 fully saturated rings. The van der Waals surface area contributed by atoms with E-state index in [9.17, 15) is 9.59 Å². The van der Waals surface area contributed by atoms with E-state index in [4.69, 9.17) is 10.5 Å². The van der Waals surface area contributed by atoms with Crippen molar-refractivity contribution in [1.29, 1.82) is 10.5 Å². The van der Waals surface area contributed by atoms with Crippen molar-refractivity contribution in [2.75, 3.05) is 33.2 Å². The van der Waals surface area contributed by atoms with E-state index in [-0.39, 0.29) is 43.3 Å². The van der Waals surface area contributed by atoms with Gasteiger partial charge in [-0.2, -0.15) is 10.5 Å². The van der Waals surface area contributed by atoms with Gasteiger partial charge in [-0.1, -0.05) is 0 Å². The average molecular weight is 307 g/mol. The maximum atomic E-state index is 12.2. The predicted octanol–water partition coefficient (Wildman–Crippen LogP) is 0.489. The summed E-state index contributed by atoms with van der Waals surface area (Å²) in [5.41, 5.74) is -0.312. The molecule has 0 aliphatic carbocycles. The van der Waals surface area contributed by atoms with Crippen LogP contribution in [-0.4, -0.2) is 60.4 Å². The van der Waals surface area contributed by atoms with E-state index >= 15 is 0 Å². The van der Waals surface area contributed by atoms with Crippen molar-refractivity contribution in [3.05, 3.63) is 0 Å². The lowest BCUT2D eigenvalue weighted by molar-refractivity contribution is -0.132. The number of nitrogens with zero attached hydrogens (tertiary/aromatic N) is 4. The van der Waals surface area contributed by atoms with Gasteiger partial charge in [0.15, 0.2) is 0 Å². The quantitative estimate of drug-likeness (QED) is 0.703. The van der Waals surface area contributed by atoms with Gasteiger partial charge >= 0.3 is 0 Å². The van der Waals surface area contributed by atoms with Gasteiger partial charge < -0.3 is 10.2 Å². The molecule has 0 heterocycles. The largest absolute Gasteiger partial charge is 0.350 e. The first-order valence-corrected chi connectivity index (χ1v) is 7.21. The van der Waals surface area contributed by atoms with Gasteiger partial charge in [0.05, 0.1) is 38.1 Å². The zero-order valence-electron chi connectivity index (χ0n) is 13.8. The number of nitriles is 2. The number of amides is 2. The number of rotatable bonds is 8. The van der Waals surface area contributed by atoms with Crippen molar-refractivity contribution >= 4 is 11.8 Å². The van der Waals surface area contributed by atoms with Crippen molar-refractivity contribution in [3.8, 4) is 12.1 Å². The number of carbonyl (C=O) groups excluding carboxylic acids is 2. The predicted molar refractivity (Wildman–Crippen MR) is 82.4 cm³/mol. The zero-order valence-corrected chi connectivity index (χ0v) is 13.8. The maximum Gasteiger partial charge on any atom is 0.236 e. The van der Waals surface area contributed by atoms with Crippen LogP contribution in [0.3, 0.4) is 0 Å². The summed E-state index contributed by atoms with van der Waals surface area (Å²) in [7, 11) is 1.69. The van der Waals surface area contributed by atoms with Crippen LogP contribution in [0.5, 0.6) is 0 Å². The minimum Gasteiger partial charge on any atom is -0.350 e. The third-order valence-corrected chi connectivity index (χ3v) is 2.67. The van der Waals surface area contributed by atoms with Crippen LogP contribution in [0.1, 0.15) is 33.6 Å². The van der Waals surface area contributed by atoms with Gasteiger partial charge in [0.1, 0.15) is 0 Å². The summed E-state index contributed by atoms with van der Waals surface area (Å²) in [5, 5.41) is 20.1. The Morgan fingerprint density at radius 3 is 1.95 bits per heavy atom. The first kappa shape index (κ1) is 19.9. The molecular formula is C15H25N5O2. The van der Waals surface area contributed by atoms with Crippen LogP contribution in [0.15, 0.2) is 0 Å². The molecule has 0 atom stereocenters. The second-order valence-corrected chi connectivity index (χ2v) is 6.17. The van der Waals surface area contributed by atoms with Gasteiger partial charge in [-0.05, 0) is 27.8 Å². The molecule has 0 aromatic carbocycles. The van der Waals surface area contributed by atoms with E-state index in [2.05, 4.69) is 5.32 Å². The minimum atomic E-state index is -0.312. The van der Waals surface area contributed by atoms with Crippen molar-refractivity contribution in [3.63, 3.8) is 0 Å². The van der Waals surface area contributed by atoms with Gasteiger partial charge in [-0.25, -0.2) is 0 Å². The molecule has 122 valence electrons. The smallest absolute Gasteiger partial charge is 0.236 e. The summed E-state index contributed by atoms with van der Waals surface area (Å²) in [5.74, 6) is -0.333. The van der Waals surface area contributed by atoms with E-state index < -0.39 is 0 Å². The highest BCUT2D eigenvalue weighted by atomic mass is 16.2. The molecule has 22 heavy (non-hydrogen) atoms. The molecule has 0 aromatic heterocycles. The fourth-order valence-electron chi connectivity index (χ4n) is 1.82. The number of hydrogen-bond acceptors (Lipinski definition) is 5. The first-order valence-electron chi connectivity index (χ1n) is 7.21. The van der Waals surface area contributed by atoms with Crippen molar-refractivity contribution in [1.82, 2.24) is 15.1 Å². The Hall–Kier alpha value is -2.12. The number of carbonyl (C=O) groups is 2. The highest BCUT2D eigenvalue weighted by molar-refractivity contribution is 5.81. The van der Waals surface area contributed by atoms with Crippen LogP contribution in [0.25, 0.3) is 0 Å². The molecule has 0 unspecified atom stereocenters. The Bertz CT molecular complexity index is 438. The molecule has 0 saturated carbocycles. The highest BCUT2D eigenvalue weighted by Gasteiger charge is 2.19. The van der Waals surface area contributed by atoms with Crippen LogP contribution < -0.4 is 5.32 Å². The molecule has 0 rings (SSSR count). The Kier molecular flexibility index (Phi) is 8.81. The topological polar surface area (TPSA) is 100 Å². The summed E-state index contributed by atoms with van der Waals surface area (Å²) in [6, 6.07) is 3.97. The van der Waals surface area contributed by atoms with Crippen LogP contribution in [0, 0.1) is 22.7 Å². The summed E-state index contributed by atoms with van der Waals surface area (Å²) in [4.78, 5) is 27.1. The van der Waals surface area contributed by atoms with Crippen molar-refractivity contribution < 1.29 is 9.59 Å². The summed E-state index contributed by atoms with van der Waals surface area (Å²) in [6.45, 7) is 6.48. The third-order valence-electron chi connectivity index (χ3n) is 2.67. The van der Waals surface area contributed by atoms with Gasteiger partial charge in [0.25, 0.3) is 0 Å². The van der Waals surface area contributed by atoms with Crippen LogP contribution in [0.4, 0.5) is 0 Å². The molecule has 0 aliphatic rings. The van der Waals surface area contributed by atoms with E-state index in [0.717, 1.165) is 0 Å². The van der Waals surface area contributed by atoms with Crippen LogP contribution >= 0.6 is 0 Å². The summed E-state index contributed by atoms with van der Waals surface area (Å²) < 4.78 is 0. The molecule has 1 N–H and O–H groups in total. The number of nitrogens with one attached hydrogen (secondary N) is 1. The van der Waals surface area contributed by atoms with Crippen molar-refractivity contribution in [2.24, 2.45) is 0 Å².